The van der Waals surface area contributed by atoms with Crippen LogP contribution in [0.1, 0.15) is 41.7 Å². The van der Waals surface area contributed by atoms with Gasteiger partial charge in [-0.2, -0.15) is 0 Å². The Hall–Kier alpha value is -2.25. The first-order valence-electron chi connectivity index (χ1n) is 10.0. The van der Waals surface area contributed by atoms with Gasteiger partial charge in [-0.25, -0.2) is 4.98 Å². The van der Waals surface area contributed by atoms with Crippen molar-refractivity contribution in [1.82, 2.24) is 14.8 Å². The Balaban J connectivity index is 1.27. The summed E-state index contributed by atoms with van der Waals surface area (Å²) in [4.78, 5) is 33.8. The number of aromatic nitrogens is 1. The molecule has 2 amide bonds. The lowest BCUT2D eigenvalue weighted by Gasteiger charge is -2.38. The first-order chi connectivity index (χ1) is 13.7. The second-order valence-electron chi connectivity index (χ2n) is 7.50. The van der Waals surface area contributed by atoms with E-state index in [0.29, 0.717) is 17.1 Å². The molecule has 1 saturated carbocycles. The molecule has 0 bridgehead atoms. The second-order valence-corrected chi connectivity index (χ2v) is 8.35. The standard InChI is InChI=1S/C21H26N4O2S/c26-19(25-12-10-24(11-13-25)18-8-4-5-9-18)14-17-15-28-21(22-17)23-20(27)16-6-2-1-3-7-16/h1-3,6-7,15,18H,4-5,8-14H2,(H,22,23,27). The van der Waals surface area contributed by atoms with Crippen LogP contribution >= 0.6 is 11.3 Å². The highest BCUT2D eigenvalue weighted by atomic mass is 32.1. The molecule has 1 saturated heterocycles. The van der Waals surface area contributed by atoms with Crippen molar-refractivity contribution in [3.05, 3.63) is 47.0 Å². The lowest BCUT2D eigenvalue weighted by Crippen LogP contribution is -2.51. The van der Waals surface area contributed by atoms with Crippen molar-refractivity contribution >= 4 is 28.3 Å². The largest absolute Gasteiger partial charge is 0.340 e. The Morgan fingerprint density at radius 2 is 1.79 bits per heavy atom. The maximum Gasteiger partial charge on any atom is 0.257 e. The maximum atomic E-state index is 12.6. The topological polar surface area (TPSA) is 65.5 Å². The van der Waals surface area contributed by atoms with Crippen LogP contribution in [0.3, 0.4) is 0 Å². The summed E-state index contributed by atoms with van der Waals surface area (Å²) < 4.78 is 0. The van der Waals surface area contributed by atoms with Crippen LogP contribution in [-0.4, -0.2) is 58.8 Å². The average molecular weight is 399 g/mol. The summed E-state index contributed by atoms with van der Waals surface area (Å²) in [6.07, 6.45) is 5.60. The highest BCUT2D eigenvalue weighted by Gasteiger charge is 2.28. The van der Waals surface area contributed by atoms with Gasteiger partial charge in [0.2, 0.25) is 5.91 Å². The van der Waals surface area contributed by atoms with Crippen LogP contribution in [0.4, 0.5) is 5.13 Å². The lowest BCUT2D eigenvalue weighted by molar-refractivity contribution is -0.132. The number of nitrogens with zero attached hydrogens (tertiary/aromatic N) is 3. The number of rotatable bonds is 5. The SMILES string of the molecule is O=C(Nc1nc(CC(=O)N2CCN(C3CCCC3)CC2)cs1)c1ccccc1. The van der Waals surface area contributed by atoms with E-state index >= 15 is 0 Å². The number of carbonyl (C=O) groups is 2. The van der Waals surface area contributed by atoms with Gasteiger partial charge in [0.05, 0.1) is 12.1 Å². The minimum absolute atomic E-state index is 0.123. The maximum absolute atomic E-state index is 12.6. The van der Waals surface area contributed by atoms with E-state index in [0.717, 1.165) is 37.9 Å². The van der Waals surface area contributed by atoms with E-state index < -0.39 is 0 Å². The number of piperazine rings is 1. The molecule has 2 aromatic rings. The Morgan fingerprint density at radius 1 is 1.07 bits per heavy atom. The van der Waals surface area contributed by atoms with Crippen molar-refractivity contribution in [1.29, 1.82) is 0 Å². The third-order valence-corrected chi connectivity index (χ3v) is 6.46. The van der Waals surface area contributed by atoms with Gasteiger partial charge in [0.15, 0.2) is 5.13 Å². The van der Waals surface area contributed by atoms with Crippen LogP contribution in [0, 0.1) is 0 Å². The normalized spacial score (nSPS) is 18.4. The highest BCUT2D eigenvalue weighted by molar-refractivity contribution is 7.14. The van der Waals surface area contributed by atoms with Gasteiger partial charge in [-0.15, -0.1) is 11.3 Å². The molecule has 1 aromatic heterocycles. The van der Waals surface area contributed by atoms with E-state index in [-0.39, 0.29) is 11.8 Å². The summed E-state index contributed by atoms with van der Waals surface area (Å²) in [6.45, 7) is 3.56. The summed E-state index contributed by atoms with van der Waals surface area (Å²) in [6, 6.07) is 9.78. The fraction of sp³-hybridized carbons (Fsp3) is 0.476. The first kappa shape index (κ1) is 19.1. The molecule has 1 aliphatic heterocycles. The van der Waals surface area contributed by atoms with Crippen molar-refractivity contribution in [2.45, 2.75) is 38.1 Å². The van der Waals surface area contributed by atoms with E-state index in [9.17, 15) is 9.59 Å². The zero-order chi connectivity index (χ0) is 19.3. The van der Waals surface area contributed by atoms with E-state index in [1.807, 2.05) is 28.5 Å². The summed E-state index contributed by atoms with van der Waals surface area (Å²) in [5.41, 5.74) is 1.31. The molecule has 28 heavy (non-hydrogen) atoms. The summed E-state index contributed by atoms with van der Waals surface area (Å²) in [5, 5.41) is 5.19. The quantitative estimate of drug-likeness (QED) is 0.841. The minimum atomic E-state index is -0.184. The molecule has 1 N–H and O–H groups in total. The molecule has 6 nitrogen and oxygen atoms in total. The number of thiazole rings is 1. The van der Waals surface area contributed by atoms with Gasteiger partial charge in [0, 0.05) is 43.2 Å². The lowest BCUT2D eigenvalue weighted by atomic mass is 10.1. The van der Waals surface area contributed by atoms with E-state index in [1.165, 1.54) is 37.0 Å². The Labute approximate surface area is 169 Å². The van der Waals surface area contributed by atoms with Crippen LogP contribution < -0.4 is 5.32 Å². The van der Waals surface area contributed by atoms with Crippen molar-refractivity contribution in [2.75, 3.05) is 31.5 Å². The molecule has 7 heteroatoms. The van der Waals surface area contributed by atoms with Gasteiger partial charge in [-0.3, -0.25) is 19.8 Å². The van der Waals surface area contributed by atoms with E-state index in [2.05, 4.69) is 15.2 Å². The molecule has 148 valence electrons. The zero-order valence-electron chi connectivity index (χ0n) is 16.0. The summed E-state index contributed by atoms with van der Waals surface area (Å²) >= 11 is 1.36. The fourth-order valence-electron chi connectivity index (χ4n) is 4.08. The molecule has 0 spiro atoms. The van der Waals surface area contributed by atoms with Crippen molar-refractivity contribution in [3.63, 3.8) is 0 Å². The molecular formula is C21H26N4O2S. The van der Waals surface area contributed by atoms with Gasteiger partial charge in [-0.05, 0) is 25.0 Å². The molecule has 0 unspecified atom stereocenters. The molecule has 1 aromatic carbocycles. The molecule has 4 rings (SSSR count). The summed E-state index contributed by atoms with van der Waals surface area (Å²) in [7, 11) is 0. The molecule has 0 radical (unpaired) electrons. The Bertz CT molecular complexity index is 809. The Morgan fingerprint density at radius 3 is 2.50 bits per heavy atom. The van der Waals surface area contributed by atoms with Gasteiger partial charge in [0.25, 0.3) is 5.91 Å². The first-order valence-corrected chi connectivity index (χ1v) is 10.9. The number of hydrogen-bond acceptors (Lipinski definition) is 5. The Kier molecular flexibility index (Phi) is 6.02. The van der Waals surface area contributed by atoms with Crippen LogP contribution in [0.2, 0.25) is 0 Å². The highest BCUT2D eigenvalue weighted by Crippen LogP contribution is 2.24. The van der Waals surface area contributed by atoms with Crippen LogP contribution in [-0.2, 0) is 11.2 Å². The molecule has 2 fully saturated rings. The number of benzene rings is 1. The molecule has 1 aliphatic carbocycles. The molecule has 2 aliphatic rings. The molecule has 2 heterocycles. The van der Waals surface area contributed by atoms with Crippen LogP contribution in [0.15, 0.2) is 35.7 Å². The summed E-state index contributed by atoms with van der Waals surface area (Å²) in [5.74, 6) is -0.0619. The number of hydrogen-bond donors (Lipinski definition) is 1. The smallest absolute Gasteiger partial charge is 0.257 e. The van der Waals surface area contributed by atoms with E-state index in [4.69, 9.17) is 0 Å². The third-order valence-electron chi connectivity index (χ3n) is 5.65. The predicted molar refractivity (Wildman–Crippen MR) is 111 cm³/mol. The van der Waals surface area contributed by atoms with Gasteiger partial charge in [0.1, 0.15) is 0 Å². The van der Waals surface area contributed by atoms with Crippen molar-refractivity contribution in [2.24, 2.45) is 0 Å². The van der Waals surface area contributed by atoms with Gasteiger partial charge in [-0.1, -0.05) is 31.0 Å². The monoisotopic (exact) mass is 398 g/mol. The number of anilines is 1. The second kappa shape index (κ2) is 8.84. The zero-order valence-corrected chi connectivity index (χ0v) is 16.8. The van der Waals surface area contributed by atoms with Gasteiger partial charge >= 0.3 is 0 Å². The van der Waals surface area contributed by atoms with Gasteiger partial charge < -0.3 is 4.90 Å². The number of carbonyl (C=O) groups excluding carboxylic acids is 2. The van der Waals surface area contributed by atoms with Crippen LogP contribution in [0.25, 0.3) is 0 Å². The van der Waals surface area contributed by atoms with Crippen LogP contribution in [0.5, 0.6) is 0 Å². The van der Waals surface area contributed by atoms with E-state index in [1.54, 1.807) is 12.1 Å². The molecule has 0 atom stereocenters. The number of amides is 2. The fourth-order valence-corrected chi connectivity index (χ4v) is 4.78. The predicted octanol–water partition coefficient (Wildman–Crippen LogP) is 3.02. The van der Waals surface area contributed by atoms with Crippen molar-refractivity contribution < 1.29 is 9.59 Å². The minimum Gasteiger partial charge on any atom is -0.340 e. The number of nitrogens with one attached hydrogen (secondary N) is 1. The third kappa shape index (κ3) is 4.59. The average Bonchev–Trinajstić information content (AvgIpc) is 3.41. The molecular weight excluding hydrogens is 372 g/mol. The van der Waals surface area contributed by atoms with Crippen molar-refractivity contribution in [3.8, 4) is 0 Å².